The van der Waals surface area contributed by atoms with Crippen molar-refractivity contribution in [3.63, 3.8) is 0 Å². The Kier molecular flexibility index (Phi) is 5.24. The van der Waals surface area contributed by atoms with Crippen LogP contribution in [0.15, 0.2) is 93.6 Å². The Morgan fingerprint density at radius 1 is 0.912 bits per heavy atom. The van der Waals surface area contributed by atoms with Crippen molar-refractivity contribution in [2.45, 2.75) is 12.1 Å². The molecule has 3 aromatic carbocycles. The largest absolute Gasteiger partial charge is 0.480 e. The number of anilines is 1. The summed E-state index contributed by atoms with van der Waals surface area (Å²) < 4.78 is 10.6. The quantitative estimate of drug-likeness (QED) is 0.269. The normalized spacial score (nSPS) is 18.4. The first-order valence-electron chi connectivity index (χ1n) is 10.7. The van der Waals surface area contributed by atoms with Crippen molar-refractivity contribution in [2.24, 2.45) is 0 Å². The monoisotopic (exact) mass is 573 g/mol. The number of halogens is 2. The van der Waals surface area contributed by atoms with Crippen molar-refractivity contribution in [3.05, 3.63) is 110 Å². The highest BCUT2D eigenvalue weighted by Crippen LogP contribution is 2.52. The maximum absolute atomic E-state index is 9.73. The van der Waals surface area contributed by atoms with Crippen LogP contribution in [0.1, 0.15) is 28.8 Å². The highest BCUT2D eigenvalue weighted by atomic mass is 79.9. The van der Waals surface area contributed by atoms with Crippen molar-refractivity contribution in [2.75, 3.05) is 11.4 Å². The maximum atomic E-state index is 9.73. The van der Waals surface area contributed by atoms with Gasteiger partial charge in [0.1, 0.15) is 30.8 Å². The molecule has 166 valence electrons. The lowest BCUT2D eigenvalue weighted by Gasteiger charge is -2.42. The molecule has 0 saturated carbocycles. The van der Waals surface area contributed by atoms with Crippen LogP contribution < -0.4 is 9.64 Å². The Hall–Kier alpha value is -3.41. The molecule has 0 fully saturated rings. The van der Waals surface area contributed by atoms with E-state index in [4.69, 9.17) is 4.74 Å². The summed E-state index contributed by atoms with van der Waals surface area (Å²) in [6.45, 7) is 0.145. The first-order valence-corrected chi connectivity index (χ1v) is 12.3. The lowest BCUT2D eigenvalue weighted by Crippen LogP contribution is -2.39. The molecule has 6 nitrogen and oxygen atoms in total. The number of para-hydroxylation sites is 1. The van der Waals surface area contributed by atoms with E-state index in [1.807, 2.05) is 58.1 Å². The second kappa shape index (κ2) is 8.42. The van der Waals surface area contributed by atoms with Crippen LogP contribution in [0, 0.1) is 11.3 Å². The van der Waals surface area contributed by atoms with Crippen molar-refractivity contribution < 1.29 is 4.74 Å². The van der Waals surface area contributed by atoms with E-state index in [0.717, 1.165) is 42.7 Å². The van der Waals surface area contributed by atoms with E-state index in [0.29, 0.717) is 5.95 Å². The van der Waals surface area contributed by atoms with Crippen LogP contribution in [0.5, 0.6) is 5.75 Å². The van der Waals surface area contributed by atoms with Gasteiger partial charge in [0.15, 0.2) is 0 Å². The summed E-state index contributed by atoms with van der Waals surface area (Å²) in [5.74, 6) is 1.42. The van der Waals surface area contributed by atoms with Crippen molar-refractivity contribution in [1.82, 2.24) is 14.8 Å². The minimum Gasteiger partial charge on any atom is -0.480 e. The van der Waals surface area contributed by atoms with Crippen LogP contribution in [0.4, 0.5) is 5.95 Å². The van der Waals surface area contributed by atoms with Crippen LogP contribution in [0.3, 0.4) is 0 Å². The second-order valence-electron chi connectivity index (χ2n) is 8.05. The first-order chi connectivity index (χ1) is 16.7. The second-order valence-corrected chi connectivity index (χ2v) is 9.88. The highest BCUT2D eigenvalue weighted by Gasteiger charge is 2.43. The van der Waals surface area contributed by atoms with Gasteiger partial charge >= 0.3 is 0 Å². The zero-order valence-electron chi connectivity index (χ0n) is 17.8. The van der Waals surface area contributed by atoms with Crippen LogP contribution in [-0.4, -0.2) is 21.3 Å². The molecule has 0 saturated heterocycles. The molecule has 1 aromatic heterocycles. The summed E-state index contributed by atoms with van der Waals surface area (Å²) in [4.78, 5) is 6.51. The van der Waals surface area contributed by atoms with Crippen LogP contribution in [-0.2, 0) is 0 Å². The van der Waals surface area contributed by atoms with Gasteiger partial charge in [0.25, 0.3) is 0 Å². The maximum Gasteiger partial charge on any atom is 0.230 e. The molecule has 0 amide bonds. The number of nitrogens with zero attached hydrogens (tertiary/aromatic N) is 5. The molecule has 0 aliphatic carbocycles. The third-order valence-corrected chi connectivity index (χ3v) is 7.19. The lowest BCUT2D eigenvalue weighted by molar-refractivity contribution is 0.222. The minimum absolute atomic E-state index is 0.145. The SMILES string of the molecule is N#CCN1C2=C(C(c3ccc(Br)cc3)Oc3ccccc32)C(c2ccc(Br)cc2)n2ncnc21. The predicted molar refractivity (Wildman–Crippen MR) is 136 cm³/mol. The Balaban J connectivity index is 1.68. The van der Waals surface area contributed by atoms with Gasteiger partial charge in [0.05, 0.1) is 11.8 Å². The van der Waals surface area contributed by atoms with E-state index in [9.17, 15) is 5.26 Å². The lowest BCUT2D eigenvalue weighted by atomic mass is 9.84. The Bertz CT molecular complexity index is 1450. The standard InChI is InChI=1S/C26H17Br2N5O/c27-18-9-5-16(6-10-18)23-22-24(32(14-13-29)26-30-15-31-33(23)26)20-3-1-2-4-21(20)34-25(22)17-7-11-19(28)12-8-17/h1-12,15,23,25H,14H2. The molecular formula is C26H17Br2N5O. The van der Waals surface area contributed by atoms with Gasteiger partial charge in [-0.15, -0.1) is 0 Å². The molecular weight excluding hydrogens is 558 g/mol. The van der Waals surface area contributed by atoms with Gasteiger partial charge < -0.3 is 4.74 Å². The van der Waals surface area contributed by atoms with Gasteiger partial charge in [0.2, 0.25) is 5.95 Å². The fourth-order valence-electron chi connectivity index (χ4n) is 4.73. The molecule has 0 radical (unpaired) electrons. The first kappa shape index (κ1) is 21.1. The van der Waals surface area contributed by atoms with Gasteiger partial charge in [-0.25, -0.2) is 4.68 Å². The third kappa shape index (κ3) is 3.35. The number of aromatic nitrogens is 3. The summed E-state index contributed by atoms with van der Waals surface area (Å²) >= 11 is 7.09. The van der Waals surface area contributed by atoms with Gasteiger partial charge in [-0.3, -0.25) is 4.90 Å². The van der Waals surface area contributed by atoms with Crippen LogP contribution >= 0.6 is 31.9 Å². The molecule has 3 heterocycles. The van der Waals surface area contributed by atoms with E-state index >= 15 is 0 Å². The molecule has 4 aromatic rings. The molecule has 0 N–H and O–H groups in total. The number of fused-ring (bicyclic) bond motifs is 3. The van der Waals surface area contributed by atoms with E-state index in [1.54, 1.807) is 6.33 Å². The summed E-state index contributed by atoms with van der Waals surface area (Å²) in [6, 6.07) is 26.4. The topological polar surface area (TPSA) is 67.0 Å². The average molecular weight is 575 g/mol. The molecule has 0 spiro atoms. The average Bonchev–Trinajstić information content (AvgIpc) is 3.34. The molecule has 2 aliphatic rings. The molecule has 8 heteroatoms. The van der Waals surface area contributed by atoms with Gasteiger partial charge in [-0.1, -0.05) is 68.3 Å². The van der Waals surface area contributed by atoms with E-state index < -0.39 is 0 Å². The van der Waals surface area contributed by atoms with Gasteiger partial charge in [0, 0.05) is 20.1 Å². The van der Waals surface area contributed by atoms with E-state index in [-0.39, 0.29) is 18.7 Å². The van der Waals surface area contributed by atoms with Crippen molar-refractivity contribution in [1.29, 1.82) is 5.26 Å². The number of rotatable bonds is 3. The third-order valence-electron chi connectivity index (χ3n) is 6.13. The van der Waals surface area contributed by atoms with Gasteiger partial charge in [-0.05, 0) is 47.5 Å². The van der Waals surface area contributed by atoms with Crippen molar-refractivity contribution in [3.8, 4) is 11.8 Å². The molecule has 2 aliphatic heterocycles. The summed E-state index contributed by atoms with van der Waals surface area (Å²) in [6.07, 6.45) is 1.18. The minimum atomic E-state index is -0.370. The molecule has 34 heavy (non-hydrogen) atoms. The predicted octanol–water partition coefficient (Wildman–Crippen LogP) is 6.28. The molecule has 6 rings (SSSR count). The number of benzene rings is 3. The fourth-order valence-corrected chi connectivity index (χ4v) is 5.26. The zero-order chi connectivity index (χ0) is 23.2. The summed E-state index contributed by atoms with van der Waals surface area (Å²) in [5, 5.41) is 14.3. The zero-order valence-corrected chi connectivity index (χ0v) is 20.9. The molecule has 2 atom stereocenters. The van der Waals surface area contributed by atoms with Crippen LogP contribution in [0.25, 0.3) is 5.70 Å². The van der Waals surface area contributed by atoms with Crippen molar-refractivity contribution >= 4 is 43.5 Å². The highest BCUT2D eigenvalue weighted by molar-refractivity contribution is 9.10. The molecule has 0 bridgehead atoms. The number of ether oxygens (including phenoxy) is 1. The van der Waals surface area contributed by atoms with E-state index in [2.05, 4.69) is 72.3 Å². The number of hydrogen-bond donors (Lipinski definition) is 0. The smallest absolute Gasteiger partial charge is 0.230 e. The summed E-state index contributed by atoms with van der Waals surface area (Å²) in [7, 11) is 0. The van der Waals surface area contributed by atoms with Gasteiger partial charge in [-0.2, -0.15) is 15.3 Å². The Labute approximate surface area is 213 Å². The summed E-state index contributed by atoms with van der Waals surface area (Å²) in [5.41, 5.74) is 5.00. The number of hydrogen-bond acceptors (Lipinski definition) is 5. The Morgan fingerprint density at radius 2 is 1.59 bits per heavy atom. The van der Waals surface area contributed by atoms with Crippen LogP contribution in [0.2, 0.25) is 0 Å². The fraction of sp³-hybridized carbons (Fsp3) is 0.115. The Morgan fingerprint density at radius 3 is 2.29 bits per heavy atom. The molecule has 2 unspecified atom stereocenters. The van der Waals surface area contributed by atoms with E-state index in [1.165, 1.54) is 0 Å². The number of nitriles is 1.